The molecule has 1 amide bonds. The number of nitrogens with one attached hydrogen (secondary N) is 1. The molecule has 0 radical (unpaired) electrons. The summed E-state index contributed by atoms with van der Waals surface area (Å²) in [6.45, 7) is 1.46. The lowest BCUT2D eigenvalue weighted by Crippen LogP contribution is -2.39. The Labute approximate surface area is 173 Å². The summed E-state index contributed by atoms with van der Waals surface area (Å²) in [5.41, 5.74) is 1.61. The number of piperidine rings is 1. The van der Waals surface area contributed by atoms with E-state index in [2.05, 4.69) is 10.2 Å². The fraction of sp³-hybridized carbons (Fsp3) is 0.381. The van der Waals surface area contributed by atoms with E-state index < -0.39 is 0 Å². The molecular formula is C21H25N5O2S. The number of thiophene rings is 1. The van der Waals surface area contributed by atoms with Crippen LogP contribution < -0.4 is 10.6 Å². The minimum absolute atomic E-state index is 0.0871. The van der Waals surface area contributed by atoms with E-state index in [-0.39, 0.29) is 11.6 Å². The van der Waals surface area contributed by atoms with Gasteiger partial charge in [-0.25, -0.2) is 14.5 Å². The fourth-order valence-electron chi connectivity index (χ4n) is 3.77. The van der Waals surface area contributed by atoms with E-state index in [0.717, 1.165) is 54.4 Å². The molecule has 3 aromatic rings. The third-order valence-electron chi connectivity index (χ3n) is 5.47. The van der Waals surface area contributed by atoms with Gasteiger partial charge in [-0.05, 0) is 60.5 Å². The topological polar surface area (TPSA) is 74.2 Å². The molecule has 2 aromatic heterocycles. The first-order chi connectivity index (χ1) is 14.0. The Morgan fingerprint density at radius 2 is 1.93 bits per heavy atom. The predicted molar refractivity (Wildman–Crippen MR) is 115 cm³/mol. The average Bonchev–Trinajstić information content (AvgIpc) is 3.38. The zero-order valence-electron chi connectivity index (χ0n) is 16.7. The molecule has 0 unspecified atom stereocenters. The van der Waals surface area contributed by atoms with Gasteiger partial charge in [0.1, 0.15) is 10.8 Å². The highest BCUT2D eigenvalue weighted by Crippen LogP contribution is 2.24. The lowest BCUT2D eigenvalue weighted by Gasteiger charge is -2.32. The summed E-state index contributed by atoms with van der Waals surface area (Å²) in [7, 11) is 3.97. The molecule has 0 saturated carbocycles. The maximum atomic E-state index is 12.8. The van der Waals surface area contributed by atoms with Gasteiger partial charge >= 0.3 is 5.69 Å². The molecule has 0 bridgehead atoms. The summed E-state index contributed by atoms with van der Waals surface area (Å²) in [4.78, 5) is 28.9. The van der Waals surface area contributed by atoms with Crippen molar-refractivity contribution in [3.8, 4) is 5.00 Å². The Morgan fingerprint density at radius 1 is 1.21 bits per heavy atom. The minimum Gasteiger partial charge on any atom is -0.378 e. The molecule has 0 spiro atoms. The number of aromatic amines is 1. The predicted octanol–water partition coefficient (Wildman–Crippen LogP) is 2.78. The summed E-state index contributed by atoms with van der Waals surface area (Å²) < 4.78 is 1.66. The van der Waals surface area contributed by atoms with Gasteiger partial charge in [0.05, 0.1) is 0 Å². The molecule has 1 N–H and O–H groups in total. The quantitative estimate of drug-likeness (QED) is 0.701. The number of H-pyrrole nitrogens is 1. The second kappa shape index (κ2) is 8.24. The Hall–Kier alpha value is -2.87. The number of carbonyl (C=O) groups excluding carboxylic acids is 1. The molecule has 29 heavy (non-hydrogen) atoms. The molecule has 1 aliphatic rings. The van der Waals surface area contributed by atoms with Crippen molar-refractivity contribution in [3.63, 3.8) is 0 Å². The standard InChI is InChI=1S/C21H25N5O2S/c1-24(2)17-7-5-16(6-8-17)20(27)25-11-9-15(10-12-25)14-18-22-23-21(28)26(18)19-4-3-13-29-19/h3-8,13,15H,9-12,14H2,1-2H3,(H,23,28). The van der Waals surface area contributed by atoms with Crippen LogP contribution in [-0.2, 0) is 6.42 Å². The van der Waals surface area contributed by atoms with E-state index in [1.54, 1.807) is 4.57 Å². The number of amides is 1. The van der Waals surface area contributed by atoms with Crippen molar-refractivity contribution in [2.45, 2.75) is 19.3 Å². The SMILES string of the molecule is CN(C)c1ccc(C(=O)N2CCC(Cc3n[nH]c(=O)n3-c3cccs3)CC2)cc1. The molecule has 7 nitrogen and oxygen atoms in total. The minimum atomic E-state index is -0.198. The zero-order chi connectivity index (χ0) is 20.4. The number of aromatic nitrogens is 3. The lowest BCUT2D eigenvalue weighted by molar-refractivity contribution is 0.0689. The summed E-state index contributed by atoms with van der Waals surface area (Å²) >= 11 is 1.52. The van der Waals surface area contributed by atoms with Crippen LogP contribution in [0.15, 0.2) is 46.6 Å². The Morgan fingerprint density at radius 3 is 2.55 bits per heavy atom. The van der Waals surface area contributed by atoms with Gasteiger partial charge in [-0.2, -0.15) is 5.10 Å². The largest absolute Gasteiger partial charge is 0.378 e. The van der Waals surface area contributed by atoms with Crippen molar-refractivity contribution >= 4 is 22.9 Å². The Bertz CT molecular complexity index is 1010. The average molecular weight is 412 g/mol. The summed E-state index contributed by atoms with van der Waals surface area (Å²) in [5, 5.41) is 9.64. The Balaban J connectivity index is 1.38. The van der Waals surface area contributed by atoms with Crippen molar-refractivity contribution < 1.29 is 4.79 Å². The summed E-state index contributed by atoms with van der Waals surface area (Å²) in [6.07, 6.45) is 2.55. The first-order valence-corrected chi connectivity index (χ1v) is 10.7. The first kappa shape index (κ1) is 19.4. The molecule has 8 heteroatoms. The second-order valence-corrected chi connectivity index (χ2v) is 8.54. The van der Waals surface area contributed by atoms with Gasteiger partial charge in [-0.3, -0.25) is 4.79 Å². The fourth-order valence-corrected chi connectivity index (χ4v) is 4.52. The van der Waals surface area contributed by atoms with E-state index in [1.807, 2.05) is 65.7 Å². The van der Waals surface area contributed by atoms with E-state index in [1.165, 1.54) is 11.3 Å². The number of likely N-dealkylation sites (tertiary alicyclic amines) is 1. The number of nitrogens with zero attached hydrogens (tertiary/aromatic N) is 4. The molecule has 0 aliphatic carbocycles. The maximum Gasteiger partial charge on any atom is 0.348 e. The highest BCUT2D eigenvalue weighted by atomic mass is 32.1. The third-order valence-corrected chi connectivity index (χ3v) is 6.33. The van der Waals surface area contributed by atoms with Gasteiger partial charge in [0.2, 0.25) is 0 Å². The van der Waals surface area contributed by atoms with Crippen LogP contribution in [0.5, 0.6) is 0 Å². The lowest BCUT2D eigenvalue weighted by atomic mass is 9.93. The van der Waals surface area contributed by atoms with Gasteiger partial charge in [-0.15, -0.1) is 11.3 Å². The molecule has 4 rings (SSSR count). The van der Waals surface area contributed by atoms with Gasteiger partial charge in [0.15, 0.2) is 0 Å². The van der Waals surface area contributed by atoms with Crippen molar-refractivity contribution in [3.05, 3.63) is 63.7 Å². The monoisotopic (exact) mass is 411 g/mol. The van der Waals surface area contributed by atoms with E-state index in [9.17, 15) is 9.59 Å². The molecule has 0 atom stereocenters. The van der Waals surface area contributed by atoms with Crippen LogP contribution in [0.2, 0.25) is 0 Å². The number of rotatable bonds is 5. The van der Waals surface area contributed by atoms with Gasteiger partial charge in [0.25, 0.3) is 5.91 Å². The van der Waals surface area contributed by atoms with Crippen LogP contribution in [0.1, 0.15) is 29.0 Å². The van der Waals surface area contributed by atoms with E-state index in [4.69, 9.17) is 0 Å². The van der Waals surface area contributed by atoms with Gasteiger partial charge in [0, 0.05) is 44.9 Å². The number of hydrogen-bond donors (Lipinski definition) is 1. The van der Waals surface area contributed by atoms with E-state index >= 15 is 0 Å². The molecule has 1 aliphatic heterocycles. The normalized spacial score (nSPS) is 14.9. The number of benzene rings is 1. The molecular weight excluding hydrogens is 386 g/mol. The third kappa shape index (κ3) is 4.12. The van der Waals surface area contributed by atoms with Crippen LogP contribution in [0.3, 0.4) is 0 Å². The van der Waals surface area contributed by atoms with Crippen LogP contribution in [-0.4, -0.2) is 52.8 Å². The molecule has 152 valence electrons. The van der Waals surface area contributed by atoms with Crippen LogP contribution >= 0.6 is 11.3 Å². The van der Waals surface area contributed by atoms with Crippen LogP contribution in [0.25, 0.3) is 5.00 Å². The molecule has 3 heterocycles. The molecule has 1 aromatic carbocycles. The van der Waals surface area contributed by atoms with Crippen molar-refractivity contribution in [1.82, 2.24) is 19.7 Å². The van der Waals surface area contributed by atoms with Gasteiger partial charge in [-0.1, -0.05) is 0 Å². The number of carbonyl (C=O) groups is 1. The van der Waals surface area contributed by atoms with Crippen molar-refractivity contribution in [2.75, 3.05) is 32.1 Å². The number of hydrogen-bond acceptors (Lipinski definition) is 5. The first-order valence-electron chi connectivity index (χ1n) is 9.80. The maximum absolute atomic E-state index is 12.8. The molecule has 1 fully saturated rings. The van der Waals surface area contributed by atoms with Crippen molar-refractivity contribution in [1.29, 1.82) is 0 Å². The summed E-state index contributed by atoms with van der Waals surface area (Å²) in [6, 6.07) is 11.6. The summed E-state index contributed by atoms with van der Waals surface area (Å²) in [5.74, 6) is 1.26. The highest BCUT2D eigenvalue weighted by molar-refractivity contribution is 7.12. The van der Waals surface area contributed by atoms with Crippen LogP contribution in [0.4, 0.5) is 5.69 Å². The Kier molecular flexibility index (Phi) is 5.53. The smallest absolute Gasteiger partial charge is 0.348 e. The van der Waals surface area contributed by atoms with Crippen molar-refractivity contribution in [2.24, 2.45) is 5.92 Å². The van der Waals surface area contributed by atoms with Crippen LogP contribution in [0, 0.1) is 5.92 Å². The van der Waals surface area contributed by atoms with Gasteiger partial charge < -0.3 is 9.80 Å². The number of anilines is 1. The second-order valence-electron chi connectivity index (χ2n) is 7.61. The van der Waals surface area contributed by atoms with E-state index in [0.29, 0.717) is 5.92 Å². The molecule has 1 saturated heterocycles. The highest BCUT2D eigenvalue weighted by Gasteiger charge is 2.25. The zero-order valence-corrected chi connectivity index (χ0v) is 17.5.